The van der Waals surface area contributed by atoms with E-state index in [1.807, 2.05) is 0 Å². The van der Waals surface area contributed by atoms with Crippen molar-refractivity contribution in [3.63, 3.8) is 0 Å². The van der Waals surface area contributed by atoms with Gasteiger partial charge < -0.3 is 15.2 Å². The van der Waals surface area contributed by atoms with Crippen LogP contribution in [-0.2, 0) is 0 Å². The Kier molecular flexibility index (Phi) is 4.36. The Morgan fingerprint density at radius 2 is 1.96 bits per heavy atom. The molecule has 0 aromatic carbocycles. The molecule has 7 nitrogen and oxygen atoms in total. The molecule has 7 heteroatoms. The quantitative estimate of drug-likeness (QED) is 0.833. The molecule has 0 radical (unpaired) electrons. The van der Waals surface area contributed by atoms with Gasteiger partial charge in [0.1, 0.15) is 5.69 Å². The molecule has 1 saturated heterocycles. The van der Waals surface area contributed by atoms with E-state index >= 15 is 0 Å². The van der Waals surface area contributed by atoms with E-state index in [2.05, 4.69) is 25.2 Å². The van der Waals surface area contributed by atoms with Crippen molar-refractivity contribution in [2.24, 2.45) is 0 Å². The molecule has 0 saturated carbocycles. The maximum absolute atomic E-state index is 12.2. The fourth-order valence-corrected chi connectivity index (χ4v) is 2.67. The molecule has 0 bridgehead atoms. The summed E-state index contributed by atoms with van der Waals surface area (Å²) in [5.41, 5.74) is 0.940. The van der Waals surface area contributed by atoms with Gasteiger partial charge in [-0.1, -0.05) is 0 Å². The number of ketones is 1. The minimum Gasteiger partial charge on any atom is -0.356 e. The number of nitrogens with one attached hydrogen (secondary N) is 2. The molecule has 1 fully saturated rings. The van der Waals surface area contributed by atoms with Gasteiger partial charge in [-0.15, -0.1) is 0 Å². The molecule has 0 aliphatic carbocycles. The standard InChI is InChI=1S/C16H19N5O2/c1-11(22)12-9-14(19-10-12)15(23)20-13-3-7-21(8-4-13)16-17-5-2-6-18-16/h2,5-6,9-10,13,19H,3-4,7-8H2,1H3,(H,20,23). The molecule has 1 aliphatic heterocycles. The van der Waals surface area contributed by atoms with Crippen molar-refractivity contribution in [2.75, 3.05) is 18.0 Å². The van der Waals surface area contributed by atoms with Crippen LogP contribution in [0.25, 0.3) is 0 Å². The summed E-state index contributed by atoms with van der Waals surface area (Å²) < 4.78 is 0. The molecule has 0 spiro atoms. The van der Waals surface area contributed by atoms with Crippen molar-refractivity contribution in [3.05, 3.63) is 42.0 Å². The summed E-state index contributed by atoms with van der Waals surface area (Å²) >= 11 is 0. The van der Waals surface area contributed by atoms with E-state index in [-0.39, 0.29) is 17.7 Å². The Morgan fingerprint density at radius 1 is 1.26 bits per heavy atom. The van der Waals surface area contributed by atoms with Crippen LogP contribution in [0.1, 0.15) is 40.6 Å². The number of nitrogens with zero attached hydrogens (tertiary/aromatic N) is 3. The Hall–Kier alpha value is -2.70. The fourth-order valence-electron chi connectivity index (χ4n) is 2.67. The number of anilines is 1. The van der Waals surface area contributed by atoms with Gasteiger partial charge in [-0.2, -0.15) is 0 Å². The normalized spacial score (nSPS) is 15.4. The van der Waals surface area contributed by atoms with E-state index < -0.39 is 0 Å². The number of carbonyl (C=O) groups is 2. The van der Waals surface area contributed by atoms with Crippen molar-refractivity contribution >= 4 is 17.6 Å². The predicted octanol–water partition coefficient (Wildman–Crippen LogP) is 1.41. The van der Waals surface area contributed by atoms with Crippen molar-refractivity contribution in [2.45, 2.75) is 25.8 Å². The van der Waals surface area contributed by atoms with Crippen LogP contribution < -0.4 is 10.2 Å². The lowest BCUT2D eigenvalue weighted by Gasteiger charge is -2.32. The van der Waals surface area contributed by atoms with Gasteiger partial charge in [0.15, 0.2) is 5.78 Å². The van der Waals surface area contributed by atoms with Crippen LogP contribution in [0.4, 0.5) is 5.95 Å². The van der Waals surface area contributed by atoms with Crippen LogP contribution in [0.5, 0.6) is 0 Å². The lowest BCUT2D eigenvalue weighted by molar-refractivity contribution is 0.0926. The van der Waals surface area contributed by atoms with E-state index in [9.17, 15) is 9.59 Å². The number of rotatable bonds is 4. The zero-order chi connectivity index (χ0) is 16.2. The van der Waals surface area contributed by atoms with E-state index in [4.69, 9.17) is 0 Å². The molecule has 2 aromatic rings. The third kappa shape index (κ3) is 3.56. The molecule has 120 valence electrons. The first-order chi connectivity index (χ1) is 11.1. The summed E-state index contributed by atoms with van der Waals surface area (Å²) in [4.78, 5) is 36.9. The monoisotopic (exact) mass is 313 g/mol. The Bertz CT molecular complexity index is 690. The molecule has 0 unspecified atom stereocenters. The number of amides is 1. The molecule has 3 heterocycles. The van der Waals surface area contributed by atoms with Crippen LogP contribution in [-0.4, -0.2) is 45.8 Å². The zero-order valence-corrected chi connectivity index (χ0v) is 13.0. The summed E-state index contributed by atoms with van der Waals surface area (Å²) in [5.74, 6) is 0.496. The summed E-state index contributed by atoms with van der Waals surface area (Å²) in [6, 6.07) is 3.50. The molecule has 2 aromatic heterocycles. The van der Waals surface area contributed by atoms with Gasteiger partial charge in [0, 0.05) is 43.3 Å². The van der Waals surface area contributed by atoms with Gasteiger partial charge in [0.25, 0.3) is 5.91 Å². The second kappa shape index (κ2) is 6.60. The van der Waals surface area contributed by atoms with Gasteiger partial charge in [0.05, 0.1) is 0 Å². The van der Waals surface area contributed by atoms with E-state index in [0.717, 1.165) is 31.9 Å². The average molecular weight is 313 g/mol. The first-order valence-electron chi connectivity index (χ1n) is 7.65. The van der Waals surface area contributed by atoms with Crippen LogP contribution in [0.3, 0.4) is 0 Å². The van der Waals surface area contributed by atoms with Gasteiger partial charge in [-0.3, -0.25) is 9.59 Å². The largest absolute Gasteiger partial charge is 0.356 e. The lowest BCUT2D eigenvalue weighted by atomic mass is 10.1. The SMILES string of the molecule is CC(=O)c1c[nH]c(C(=O)NC2CCN(c3ncccn3)CC2)c1. The average Bonchev–Trinajstić information content (AvgIpc) is 3.07. The summed E-state index contributed by atoms with van der Waals surface area (Å²) in [5, 5.41) is 3.01. The number of aromatic nitrogens is 3. The van der Waals surface area contributed by atoms with E-state index in [1.165, 1.54) is 6.92 Å². The topological polar surface area (TPSA) is 91.0 Å². The summed E-state index contributed by atoms with van der Waals surface area (Å²) in [7, 11) is 0. The first kappa shape index (κ1) is 15.2. The molecule has 1 aliphatic rings. The van der Waals surface area contributed by atoms with Crippen molar-refractivity contribution in [1.29, 1.82) is 0 Å². The van der Waals surface area contributed by atoms with Gasteiger partial charge in [-0.05, 0) is 31.9 Å². The molecular formula is C16H19N5O2. The summed E-state index contributed by atoms with van der Waals surface area (Å²) in [6.45, 7) is 3.09. The molecule has 0 atom stereocenters. The minimum absolute atomic E-state index is 0.0588. The fraction of sp³-hybridized carbons (Fsp3) is 0.375. The van der Waals surface area contributed by atoms with Crippen molar-refractivity contribution < 1.29 is 9.59 Å². The van der Waals surface area contributed by atoms with E-state index in [1.54, 1.807) is 30.7 Å². The van der Waals surface area contributed by atoms with Gasteiger partial charge in [0.2, 0.25) is 5.95 Å². The number of Topliss-reactive ketones (excluding diaryl/α,β-unsaturated/α-hetero) is 1. The highest BCUT2D eigenvalue weighted by atomic mass is 16.2. The number of hydrogen-bond donors (Lipinski definition) is 2. The maximum Gasteiger partial charge on any atom is 0.267 e. The third-order valence-corrected chi connectivity index (χ3v) is 4.00. The van der Waals surface area contributed by atoms with E-state index in [0.29, 0.717) is 11.3 Å². The highest BCUT2D eigenvalue weighted by Gasteiger charge is 2.23. The minimum atomic E-state index is -0.174. The zero-order valence-electron chi connectivity index (χ0n) is 13.0. The number of hydrogen-bond acceptors (Lipinski definition) is 5. The van der Waals surface area contributed by atoms with Gasteiger partial charge in [-0.25, -0.2) is 9.97 Å². The molecule has 23 heavy (non-hydrogen) atoms. The highest BCUT2D eigenvalue weighted by molar-refractivity contribution is 5.99. The highest BCUT2D eigenvalue weighted by Crippen LogP contribution is 2.16. The Balaban J connectivity index is 1.54. The number of piperidine rings is 1. The maximum atomic E-state index is 12.2. The summed E-state index contributed by atoms with van der Waals surface area (Å²) in [6.07, 6.45) is 6.70. The van der Waals surface area contributed by atoms with Crippen LogP contribution in [0.15, 0.2) is 30.7 Å². The number of aromatic amines is 1. The second-order valence-corrected chi connectivity index (χ2v) is 5.64. The Morgan fingerprint density at radius 3 is 2.57 bits per heavy atom. The predicted molar refractivity (Wildman–Crippen MR) is 85.5 cm³/mol. The van der Waals surface area contributed by atoms with Crippen molar-refractivity contribution in [3.8, 4) is 0 Å². The Labute approximate surface area is 134 Å². The third-order valence-electron chi connectivity index (χ3n) is 4.00. The van der Waals surface area contributed by atoms with Crippen molar-refractivity contribution in [1.82, 2.24) is 20.3 Å². The first-order valence-corrected chi connectivity index (χ1v) is 7.65. The smallest absolute Gasteiger partial charge is 0.267 e. The molecule has 1 amide bonds. The second-order valence-electron chi connectivity index (χ2n) is 5.64. The lowest BCUT2D eigenvalue weighted by Crippen LogP contribution is -2.45. The van der Waals surface area contributed by atoms with Crippen LogP contribution >= 0.6 is 0 Å². The number of carbonyl (C=O) groups excluding carboxylic acids is 2. The molecule has 3 rings (SSSR count). The van der Waals surface area contributed by atoms with Gasteiger partial charge >= 0.3 is 0 Å². The van der Waals surface area contributed by atoms with Crippen LogP contribution in [0, 0.1) is 0 Å². The van der Waals surface area contributed by atoms with Crippen LogP contribution in [0.2, 0.25) is 0 Å². The number of H-pyrrole nitrogens is 1. The molecule has 2 N–H and O–H groups in total. The molecular weight excluding hydrogens is 294 g/mol.